The molecule has 0 aromatic heterocycles. The number of rotatable bonds is 8. The van der Waals surface area contributed by atoms with Gasteiger partial charge >= 0.3 is 12.2 Å². The third-order valence-electron chi connectivity index (χ3n) is 3.53. The van der Waals surface area contributed by atoms with Crippen LogP contribution >= 0.6 is 0 Å². The SMILES string of the molecule is CC(C)(CCNCCC(C)(C)NC(=O)OC(C)(C)C)NC(=O)OC(C)(C)C. The van der Waals surface area contributed by atoms with Crippen molar-refractivity contribution in [1.29, 1.82) is 0 Å². The van der Waals surface area contributed by atoms with E-state index in [9.17, 15) is 9.59 Å². The Morgan fingerprint density at radius 3 is 1.19 bits per heavy atom. The number of carbonyl (C=O) groups excluding carboxylic acids is 2. The van der Waals surface area contributed by atoms with Crippen LogP contribution in [0, 0.1) is 0 Å². The molecule has 3 N–H and O–H groups in total. The summed E-state index contributed by atoms with van der Waals surface area (Å²) in [4.78, 5) is 23.8. The second-order valence-corrected chi connectivity index (χ2v) is 10.3. The van der Waals surface area contributed by atoms with Crippen molar-refractivity contribution in [2.45, 2.75) is 104 Å². The number of nitrogens with one attached hydrogen (secondary N) is 3. The molecule has 0 unspecified atom stereocenters. The van der Waals surface area contributed by atoms with Gasteiger partial charge in [-0.25, -0.2) is 9.59 Å². The van der Waals surface area contributed by atoms with E-state index in [1.807, 2.05) is 69.2 Å². The van der Waals surface area contributed by atoms with Crippen LogP contribution in [0.2, 0.25) is 0 Å². The fourth-order valence-corrected chi connectivity index (χ4v) is 2.21. The van der Waals surface area contributed by atoms with Gasteiger partial charge < -0.3 is 25.4 Å². The number of carbonyl (C=O) groups is 2. The predicted molar refractivity (Wildman–Crippen MR) is 109 cm³/mol. The zero-order valence-electron chi connectivity index (χ0n) is 19.0. The minimum Gasteiger partial charge on any atom is -0.444 e. The molecule has 0 aliphatic rings. The normalized spacial score (nSPS) is 13.1. The van der Waals surface area contributed by atoms with Crippen molar-refractivity contribution in [2.75, 3.05) is 13.1 Å². The second kappa shape index (κ2) is 9.62. The van der Waals surface area contributed by atoms with Crippen LogP contribution in [0.3, 0.4) is 0 Å². The zero-order valence-corrected chi connectivity index (χ0v) is 19.0. The lowest BCUT2D eigenvalue weighted by Gasteiger charge is -2.30. The van der Waals surface area contributed by atoms with Crippen molar-refractivity contribution in [3.63, 3.8) is 0 Å². The molecule has 2 amide bonds. The van der Waals surface area contributed by atoms with Crippen molar-refractivity contribution < 1.29 is 19.1 Å². The minimum absolute atomic E-state index is 0.375. The van der Waals surface area contributed by atoms with Gasteiger partial charge in [0.2, 0.25) is 0 Å². The summed E-state index contributed by atoms with van der Waals surface area (Å²) < 4.78 is 10.6. The van der Waals surface area contributed by atoms with E-state index in [1.54, 1.807) is 0 Å². The average molecular weight is 388 g/mol. The summed E-state index contributed by atoms with van der Waals surface area (Å²) in [5.41, 5.74) is -1.77. The molecular formula is C20H41N3O4. The van der Waals surface area contributed by atoms with E-state index in [-0.39, 0.29) is 11.1 Å². The summed E-state index contributed by atoms with van der Waals surface area (Å²) >= 11 is 0. The average Bonchev–Trinajstić information content (AvgIpc) is 2.30. The van der Waals surface area contributed by atoms with Gasteiger partial charge in [-0.15, -0.1) is 0 Å². The zero-order chi connectivity index (χ0) is 21.5. The van der Waals surface area contributed by atoms with Gasteiger partial charge in [0.05, 0.1) is 0 Å². The minimum atomic E-state index is -0.509. The lowest BCUT2D eigenvalue weighted by Crippen LogP contribution is -2.48. The summed E-state index contributed by atoms with van der Waals surface area (Å²) in [5, 5.41) is 9.14. The lowest BCUT2D eigenvalue weighted by atomic mass is 9.99. The van der Waals surface area contributed by atoms with Gasteiger partial charge in [-0.1, -0.05) is 0 Å². The fraction of sp³-hybridized carbons (Fsp3) is 0.900. The second-order valence-electron chi connectivity index (χ2n) is 10.3. The molecule has 0 aliphatic heterocycles. The van der Waals surface area contributed by atoms with Crippen LogP contribution in [0.15, 0.2) is 0 Å². The molecule has 0 fully saturated rings. The van der Waals surface area contributed by atoms with Crippen LogP contribution in [0.25, 0.3) is 0 Å². The topological polar surface area (TPSA) is 88.7 Å². The van der Waals surface area contributed by atoms with Gasteiger partial charge in [0.1, 0.15) is 11.2 Å². The monoisotopic (exact) mass is 387 g/mol. The first kappa shape index (κ1) is 25.5. The van der Waals surface area contributed by atoms with Crippen molar-refractivity contribution >= 4 is 12.2 Å². The fourth-order valence-electron chi connectivity index (χ4n) is 2.21. The first-order valence-electron chi connectivity index (χ1n) is 9.64. The van der Waals surface area contributed by atoms with Crippen LogP contribution in [-0.4, -0.2) is 47.6 Å². The van der Waals surface area contributed by atoms with Crippen LogP contribution in [-0.2, 0) is 9.47 Å². The Morgan fingerprint density at radius 1 is 0.630 bits per heavy atom. The number of hydrogen-bond acceptors (Lipinski definition) is 5. The molecule has 0 bridgehead atoms. The summed E-state index contributed by atoms with van der Waals surface area (Å²) in [6.07, 6.45) is 0.698. The molecule has 0 spiro atoms. The molecule has 0 saturated heterocycles. The molecule has 0 saturated carbocycles. The largest absolute Gasteiger partial charge is 0.444 e. The van der Waals surface area contributed by atoms with E-state index in [4.69, 9.17) is 9.47 Å². The highest BCUT2D eigenvalue weighted by Crippen LogP contribution is 2.13. The smallest absolute Gasteiger partial charge is 0.408 e. The van der Waals surface area contributed by atoms with Crippen LogP contribution < -0.4 is 16.0 Å². The molecule has 7 heteroatoms. The summed E-state index contributed by atoms with van der Waals surface area (Å²) in [6, 6.07) is 0. The van der Waals surface area contributed by atoms with Crippen molar-refractivity contribution in [1.82, 2.24) is 16.0 Å². The van der Waals surface area contributed by atoms with Crippen LogP contribution in [0.1, 0.15) is 82.1 Å². The Kier molecular flexibility index (Phi) is 9.09. The molecule has 0 heterocycles. The lowest BCUT2D eigenvalue weighted by molar-refractivity contribution is 0.0458. The number of ether oxygens (including phenoxy) is 2. The first-order valence-corrected chi connectivity index (χ1v) is 9.64. The van der Waals surface area contributed by atoms with E-state index in [2.05, 4.69) is 16.0 Å². The van der Waals surface area contributed by atoms with Crippen LogP contribution in [0.5, 0.6) is 0 Å². The Morgan fingerprint density at radius 2 is 0.926 bits per heavy atom. The van der Waals surface area contributed by atoms with Gasteiger partial charge in [-0.05, 0) is 95.2 Å². The highest BCUT2D eigenvalue weighted by molar-refractivity contribution is 5.69. The third kappa shape index (κ3) is 15.3. The maximum Gasteiger partial charge on any atom is 0.408 e. The number of alkyl carbamates (subject to hydrolysis) is 2. The maximum atomic E-state index is 11.9. The molecule has 0 aromatic rings. The highest BCUT2D eigenvalue weighted by Gasteiger charge is 2.25. The van der Waals surface area contributed by atoms with Gasteiger partial charge in [-0.2, -0.15) is 0 Å². The molecule has 0 radical (unpaired) electrons. The molecule has 0 atom stereocenters. The number of hydrogen-bond donors (Lipinski definition) is 3. The molecule has 0 aromatic carbocycles. The summed E-state index contributed by atoms with van der Waals surface area (Å²) in [7, 11) is 0. The van der Waals surface area contributed by atoms with Crippen LogP contribution in [0.4, 0.5) is 9.59 Å². The van der Waals surface area contributed by atoms with E-state index in [0.717, 1.165) is 25.9 Å². The summed E-state index contributed by atoms with van der Waals surface area (Å²) in [6.45, 7) is 20.4. The predicted octanol–water partition coefficient (Wildman–Crippen LogP) is 3.96. The van der Waals surface area contributed by atoms with Gasteiger partial charge in [-0.3, -0.25) is 0 Å². The summed E-state index contributed by atoms with van der Waals surface area (Å²) in [5.74, 6) is 0. The first-order chi connectivity index (χ1) is 11.9. The Bertz CT molecular complexity index is 444. The van der Waals surface area contributed by atoms with Gasteiger partial charge in [0.15, 0.2) is 0 Å². The Labute approximate surface area is 165 Å². The maximum absolute atomic E-state index is 11.9. The quantitative estimate of drug-likeness (QED) is 0.549. The highest BCUT2D eigenvalue weighted by atomic mass is 16.6. The molecule has 7 nitrogen and oxygen atoms in total. The van der Waals surface area contributed by atoms with E-state index in [0.29, 0.717) is 0 Å². The van der Waals surface area contributed by atoms with Gasteiger partial charge in [0.25, 0.3) is 0 Å². The van der Waals surface area contributed by atoms with E-state index >= 15 is 0 Å². The Hall–Kier alpha value is -1.50. The van der Waals surface area contributed by atoms with E-state index < -0.39 is 23.4 Å². The van der Waals surface area contributed by atoms with Crippen molar-refractivity contribution in [3.05, 3.63) is 0 Å². The third-order valence-corrected chi connectivity index (χ3v) is 3.53. The molecule has 0 rings (SSSR count). The molecular weight excluding hydrogens is 346 g/mol. The Balaban J connectivity index is 4.15. The molecule has 0 aliphatic carbocycles. The van der Waals surface area contributed by atoms with Crippen molar-refractivity contribution in [2.24, 2.45) is 0 Å². The molecule has 160 valence electrons. The standard InChI is InChI=1S/C20H41N3O4/c1-17(2,3)26-15(24)22-19(7,8)11-13-21-14-12-20(9,10)23-16(25)27-18(4,5)6/h21H,11-14H2,1-10H3,(H,22,24)(H,23,25). The molecule has 27 heavy (non-hydrogen) atoms. The van der Waals surface area contributed by atoms with E-state index in [1.165, 1.54) is 0 Å². The van der Waals surface area contributed by atoms with Crippen molar-refractivity contribution in [3.8, 4) is 0 Å². The number of amides is 2. The van der Waals surface area contributed by atoms with Gasteiger partial charge in [0, 0.05) is 11.1 Å².